The van der Waals surface area contributed by atoms with Crippen LogP contribution in [0.4, 0.5) is 11.4 Å². The van der Waals surface area contributed by atoms with Gasteiger partial charge in [-0.05, 0) is 37.1 Å². The number of anilines is 1. The summed E-state index contributed by atoms with van der Waals surface area (Å²) in [4.78, 5) is 22.7. The van der Waals surface area contributed by atoms with E-state index in [-0.39, 0.29) is 32.8 Å². The molecule has 1 aliphatic rings. The number of hydrogen-bond acceptors (Lipinski definition) is 7. The summed E-state index contributed by atoms with van der Waals surface area (Å²) < 4.78 is 38.2. The summed E-state index contributed by atoms with van der Waals surface area (Å²) in [5.74, 6) is -0.208. The molecule has 0 radical (unpaired) electrons. The van der Waals surface area contributed by atoms with Gasteiger partial charge in [0.25, 0.3) is 11.6 Å². The highest BCUT2D eigenvalue weighted by molar-refractivity contribution is 7.89. The minimum Gasteiger partial charge on any atom is -0.495 e. The van der Waals surface area contributed by atoms with Crippen LogP contribution in [0.2, 0.25) is 5.02 Å². The second-order valence-electron chi connectivity index (χ2n) is 7.39. The molecule has 3 rings (SSSR count). The normalized spacial score (nSPS) is 14.8. The number of methoxy groups -OCH3 is 1. The Hall–Kier alpha value is -2.89. The van der Waals surface area contributed by atoms with Crippen molar-refractivity contribution in [2.75, 3.05) is 32.1 Å². The maximum absolute atomic E-state index is 13.1. The standard InChI is InChI=1S/C21H24ClN3O7S/c1-31-20-9-7-16(33(29,30)24-10-4-2-3-5-11-24)13-18(20)23-21(26)14-32-19-8-6-15(25(27)28)12-17(19)22/h6-9,12-13H,2-5,10-11,14H2,1H3,(H,23,26). The Morgan fingerprint density at radius 2 is 1.79 bits per heavy atom. The van der Waals surface area contributed by atoms with E-state index in [9.17, 15) is 23.3 Å². The van der Waals surface area contributed by atoms with Gasteiger partial charge in [0.05, 0.1) is 27.6 Å². The fraction of sp³-hybridized carbons (Fsp3) is 0.381. The van der Waals surface area contributed by atoms with Crippen LogP contribution in [-0.2, 0) is 14.8 Å². The van der Waals surface area contributed by atoms with Crippen LogP contribution >= 0.6 is 11.6 Å². The second kappa shape index (κ2) is 10.8. The molecule has 1 amide bonds. The molecular formula is C21H24ClN3O7S. The van der Waals surface area contributed by atoms with E-state index in [1.807, 2.05) is 0 Å². The fourth-order valence-electron chi connectivity index (χ4n) is 3.43. The number of carbonyl (C=O) groups excluding carboxylic acids is 1. The van der Waals surface area contributed by atoms with Gasteiger partial charge in [0, 0.05) is 25.2 Å². The zero-order valence-electron chi connectivity index (χ0n) is 18.0. The zero-order chi connectivity index (χ0) is 24.0. The third kappa shape index (κ3) is 6.12. The third-order valence-corrected chi connectivity index (χ3v) is 7.32. The Labute approximate surface area is 196 Å². The molecule has 1 N–H and O–H groups in total. The van der Waals surface area contributed by atoms with Gasteiger partial charge < -0.3 is 14.8 Å². The highest BCUT2D eigenvalue weighted by Gasteiger charge is 2.26. The first-order valence-electron chi connectivity index (χ1n) is 10.3. The Kier molecular flexibility index (Phi) is 8.11. The third-order valence-electron chi connectivity index (χ3n) is 5.13. The Bertz CT molecular complexity index is 1130. The van der Waals surface area contributed by atoms with Crippen LogP contribution in [0.1, 0.15) is 25.7 Å². The molecule has 0 unspecified atom stereocenters. The van der Waals surface area contributed by atoms with E-state index >= 15 is 0 Å². The number of nitrogens with zero attached hydrogens (tertiary/aromatic N) is 2. The van der Waals surface area contributed by atoms with E-state index in [1.54, 1.807) is 0 Å². The van der Waals surface area contributed by atoms with Gasteiger partial charge in [0.1, 0.15) is 11.5 Å². The highest BCUT2D eigenvalue weighted by Crippen LogP contribution is 2.31. The largest absolute Gasteiger partial charge is 0.495 e. The van der Waals surface area contributed by atoms with Gasteiger partial charge in [-0.3, -0.25) is 14.9 Å². The van der Waals surface area contributed by atoms with Crippen molar-refractivity contribution >= 4 is 38.9 Å². The van der Waals surface area contributed by atoms with Gasteiger partial charge in [0.2, 0.25) is 10.0 Å². The number of non-ortho nitro benzene ring substituents is 1. The topological polar surface area (TPSA) is 128 Å². The predicted molar refractivity (Wildman–Crippen MR) is 122 cm³/mol. The average molecular weight is 498 g/mol. The van der Waals surface area contributed by atoms with Crippen molar-refractivity contribution in [1.82, 2.24) is 4.31 Å². The number of nitrogens with one attached hydrogen (secondary N) is 1. The van der Waals surface area contributed by atoms with Gasteiger partial charge >= 0.3 is 0 Å². The lowest BCUT2D eigenvalue weighted by atomic mass is 10.2. The molecule has 1 saturated heterocycles. The van der Waals surface area contributed by atoms with E-state index < -0.39 is 27.5 Å². The molecule has 0 aromatic heterocycles. The molecular weight excluding hydrogens is 474 g/mol. The molecule has 0 atom stereocenters. The van der Waals surface area contributed by atoms with Gasteiger partial charge in [-0.25, -0.2) is 8.42 Å². The minimum absolute atomic E-state index is 0.0138. The molecule has 0 aliphatic carbocycles. The monoisotopic (exact) mass is 497 g/mol. The molecule has 1 heterocycles. The van der Waals surface area contributed by atoms with Gasteiger partial charge in [-0.2, -0.15) is 4.31 Å². The van der Waals surface area contributed by atoms with Gasteiger partial charge in [-0.15, -0.1) is 0 Å². The number of amides is 1. The number of hydrogen-bond donors (Lipinski definition) is 1. The van der Waals surface area contributed by atoms with Crippen LogP contribution in [0.15, 0.2) is 41.3 Å². The number of nitro benzene ring substituents is 1. The minimum atomic E-state index is -3.72. The van der Waals surface area contributed by atoms with Crippen LogP contribution in [0.3, 0.4) is 0 Å². The maximum atomic E-state index is 13.1. The number of ether oxygens (including phenoxy) is 2. The van der Waals surface area contributed by atoms with Crippen LogP contribution in [-0.4, -0.2) is 50.4 Å². The quantitative estimate of drug-likeness (QED) is 0.433. The van der Waals surface area contributed by atoms with E-state index in [4.69, 9.17) is 21.1 Å². The molecule has 33 heavy (non-hydrogen) atoms. The molecule has 10 nitrogen and oxygen atoms in total. The van der Waals surface area contributed by atoms with Crippen molar-refractivity contribution in [3.63, 3.8) is 0 Å². The van der Waals surface area contributed by atoms with Crippen molar-refractivity contribution in [3.8, 4) is 11.5 Å². The smallest absolute Gasteiger partial charge is 0.271 e. The van der Waals surface area contributed by atoms with Crippen LogP contribution in [0.5, 0.6) is 11.5 Å². The van der Waals surface area contributed by atoms with E-state index in [1.165, 1.54) is 41.7 Å². The first-order chi connectivity index (χ1) is 15.7. The molecule has 0 spiro atoms. The number of sulfonamides is 1. The highest BCUT2D eigenvalue weighted by atomic mass is 35.5. The summed E-state index contributed by atoms with van der Waals surface area (Å²) in [5.41, 5.74) is -0.0271. The van der Waals surface area contributed by atoms with Crippen molar-refractivity contribution in [3.05, 3.63) is 51.5 Å². The molecule has 1 aliphatic heterocycles. The number of nitro groups is 1. The van der Waals surface area contributed by atoms with Gasteiger partial charge in [-0.1, -0.05) is 24.4 Å². The van der Waals surface area contributed by atoms with E-state index in [2.05, 4.69) is 5.32 Å². The van der Waals surface area contributed by atoms with E-state index in [0.29, 0.717) is 13.1 Å². The number of halogens is 1. The first kappa shape index (κ1) is 24.7. The summed E-state index contributed by atoms with van der Waals surface area (Å²) in [6.07, 6.45) is 3.60. The molecule has 178 valence electrons. The Morgan fingerprint density at radius 3 is 2.39 bits per heavy atom. The fourth-order valence-corrected chi connectivity index (χ4v) is 5.20. The zero-order valence-corrected chi connectivity index (χ0v) is 19.5. The lowest BCUT2D eigenvalue weighted by Crippen LogP contribution is -2.32. The van der Waals surface area contributed by atoms with Crippen LogP contribution < -0.4 is 14.8 Å². The summed E-state index contributed by atoms with van der Waals surface area (Å²) in [5, 5.41) is 13.4. The average Bonchev–Trinajstić information content (AvgIpc) is 3.08. The predicted octanol–water partition coefficient (Wildman–Crippen LogP) is 3.84. The van der Waals surface area contributed by atoms with Crippen LogP contribution in [0, 0.1) is 10.1 Å². The Morgan fingerprint density at radius 1 is 1.12 bits per heavy atom. The SMILES string of the molecule is COc1ccc(S(=O)(=O)N2CCCCCC2)cc1NC(=O)COc1ccc([N+](=O)[O-])cc1Cl. The number of carbonyl (C=O) groups is 1. The summed E-state index contributed by atoms with van der Waals surface area (Å²) >= 11 is 5.97. The molecule has 0 saturated carbocycles. The summed E-state index contributed by atoms with van der Waals surface area (Å²) in [6, 6.07) is 7.91. The second-order valence-corrected chi connectivity index (χ2v) is 9.73. The molecule has 1 fully saturated rings. The van der Waals surface area contributed by atoms with Crippen molar-refractivity contribution < 1.29 is 27.6 Å². The van der Waals surface area contributed by atoms with Crippen molar-refractivity contribution in [2.45, 2.75) is 30.6 Å². The lowest BCUT2D eigenvalue weighted by molar-refractivity contribution is -0.384. The van der Waals surface area contributed by atoms with Crippen LogP contribution in [0.25, 0.3) is 0 Å². The van der Waals surface area contributed by atoms with Crippen molar-refractivity contribution in [2.24, 2.45) is 0 Å². The number of benzene rings is 2. The first-order valence-corrected chi connectivity index (χ1v) is 12.1. The lowest BCUT2D eigenvalue weighted by Gasteiger charge is -2.21. The molecule has 2 aromatic carbocycles. The summed E-state index contributed by atoms with van der Waals surface area (Å²) in [6.45, 7) is 0.462. The van der Waals surface area contributed by atoms with E-state index in [0.717, 1.165) is 31.7 Å². The van der Waals surface area contributed by atoms with Gasteiger partial charge in [0.15, 0.2) is 6.61 Å². The summed E-state index contributed by atoms with van der Waals surface area (Å²) in [7, 11) is -2.31. The maximum Gasteiger partial charge on any atom is 0.271 e. The molecule has 0 bridgehead atoms. The number of rotatable bonds is 8. The van der Waals surface area contributed by atoms with Crippen molar-refractivity contribution in [1.29, 1.82) is 0 Å². The Balaban J connectivity index is 1.73. The molecule has 12 heteroatoms. The molecule has 2 aromatic rings.